The first-order chi connectivity index (χ1) is 15.6. The van der Waals surface area contributed by atoms with Gasteiger partial charge in [0.2, 0.25) is 15.9 Å². The summed E-state index contributed by atoms with van der Waals surface area (Å²) in [7, 11) is -3.50. The summed E-state index contributed by atoms with van der Waals surface area (Å²) in [5.41, 5.74) is 1.98. The minimum Gasteiger partial charge on any atom is -0.494 e. The fourth-order valence-corrected chi connectivity index (χ4v) is 5.59. The van der Waals surface area contributed by atoms with Crippen molar-refractivity contribution < 1.29 is 17.9 Å². The first-order valence-corrected chi connectivity index (χ1v) is 13.4. The minimum atomic E-state index is -3.50. The van der Waals surface area contributed by atoms with E-state index in [-0.39, 0.29) is 29.8 Å². The van der Waals surface area contributed by atoms with Crippen molar-refractivity contribution >= 4 is 48.9 Å². The molecule has 0 unspecified atom stereocenters. The van der Waals surface area contributed by atoms with Gasteiger partial charge < -0.3 is 10.1 Å². The third-order valence-corrected chi connectivity index (χ3v) is 7.13. The Morgan fingerprint density at radius 3 is 2.48 bits per heavy atom. The monoisotopic (exact) mass is 491 g/mol. The lowest BCUT2D eigenvalue weighted by Gasteiger charge is -2.22. The van der Waals surface area contributed by atoms with Gasteiger partial charge in [0.25, 0.3) is 0 Å². The van der Waals surface area contributed by atoms with Crippen molar-refractivity contribution in [3.8, 4) is 5.75 Å². The third-order valence-electron chi connectivity index (χ3n) is 5.01. The van der Waals surface area contributed by atoms with Crippen molar-refractivity contribution in [3.63, 3.8) is 0 Å². The fourth-order valence-electron chi connectivity index (χ4n) is 3.57. The van der Waals surface area contributed by atoms with Crippen LogP contribution in [-0.2, 0) is 14.8 Å². The molecule has 0 atom stereocenters. The van der Waals surface area contributed by atoms with Crippen LogP contribution in [0.1, 0.15) is 39.7 Å². The van der Waals surface area contributed by atoms with Crippen LogP contribution in [-0.4, -0.2) is 38.3 Å². The van der Waals surface area contributed by atoms with E-state index < -0.39 is 10.0 Å². The predicted molar refractivity (Wildman–Crippen MR) is 134 cm³/mol. The summed E-state index contributed by atoms with van der Waals surface area (Å²) in [6, 6.07) is 12.3. The van der Waals surface area contributed by atoms with Gasteiger partial charge >= 0.3 is 4.87 Å². The number of benzene rings is 2. The molecular weight excluding hydrogens is 462 g/mol. The number of nitrogens with zero attached hydrogens (tertiary/aromatic N) is 2. The van der Waals surface area contributed by atoms with E-state index in [4.69, 9.17) is 4.74 Å². The Bertz CT molecular complexity index is 1280. The summed E-state index contributed by atoms with van der Waals surface area (Å²) in [6.07, 6.45) is 1.66. The zero-order valence-electron chi connectivity index (χ0n) is 19.2. The number of nitrogens with one attached hydrogen (secondary N) is 1. The van der Waals surface area contributed by atoms with Crippen LogP contribution >= 0.6 is 11.3 Å². The molecule has 1 aromatic heterocycles. The number of rotatable bonds is 10. The quantitative estimate of drug-likeness (QED) is 0.458. The SMILES string of the molecule is CCOc1ccc(N(CCCC(=O)Nc2ccc3c(c2)sc(=O)n3C(C)C)S(C)(=O)=O)cc1. The Balaban J connectivity index is 1.62. The highest BCUT2D eigenvalue weighted by molar-refractivity contribution is 7.92. The number of ether oxygens (including phenoxy) is 1. The van der Waals surface area contributed by atoms with Crippen molar-refractivity contribution in [2.75, 3.05) is 29.0 Å². The summed E-state index contributed by atoms with van der Waals surface area (Å²) < 4.78 is 33.8. The number of carbonyl (C=O) groups is 1. The van der Waals surface area contributed by atoms with Crippen LogP contribution in [0.15, 0.2) is 47.3 Å². The lowest BCUT2D eigenvalue weighted by molar-refractivity contribution is -0.116. The molecule has 0 spiro atoms. The number of carbonyl (C=O) groups excluding carboxylic acids is 1. The molecule has 10 heteroatoms. The van der Waals surface area contributed by atoms with Crippen molar-refractivity contribution in [3.05, 3.63) is 52.1 Å². The summed E-state index contributed by atoms with van der Waals surface area (Å²) in [5.74, 6) is 0.449. The van der Waals surface area contributed by atoms with Gasteiger partial charge in [-0.1, -0.05) is 11.3 Å². The van der Waals surface area contributed by atoms with Crippen LogP contribution in [0, 0.1) is 0 Å². The van der Waals surface area contributed by atoms with Crippen LogP contribution in [0.2, 0.25) is 0 Å². The molecule has 3 aromatic rings. The van der Waals surface area contributed by atoms with E-state index in [1.165, 1.54) is 4.31 Å². The van der Waals surface area contributed by atoms with E-state index >= 15 is 0 Å². The highest BCUT2D eigenvalue weighted by Gasteiger charge is 2.18. The number of fused-ring (bicyclic) bond motifs is 1. The topological polar surface area (TPSA) is 97.7 Å². The standard InChI is InChI=1S/C23H29N3O5S2/c1-5-31-19-11-9-18(10-12-19)25(33(4,29)30)14-6-7-22(27)24-17-8-13-20-21(15-17)32-23(28)26(20)16(2)3/h8-13,15-16H,5-7,14H2,1-4H3,(H,24,27). The van der Waals surface area contributed by atoms with Gasteiger partial charge in [0, 0.05) is 24.7 Å². The highest BCUT2D eigenvalue weighted by Crippen LogP contribution is 2.25. The number of sulfonamides is 1. The van der Waals surface area contributed by atoms with Crippen LogP contribution in [0.3, 0.4) is 0 Å². The lowest BCUT2D eigenvalue weighted by atomic mass is 10.2. The van der Waals surface area contributed by atoms with Crippen LogP contribution in [0.4, 0.5) is 11.4 Å². The van der Waals surface area contributed by atoms with Crippen molar-refractivity contribution in [1.29, 1.82) is 0 Å². The largest absolute Gasteiger partial charge is 0.494 e. The zero-order chi connectivity index (χ0) is 24.2. The van der Waals surface area contributed by atoms with E-state index in [0.717, 1.165) is 27.8 Å². The van der Waals surface area contributed by atoms with E-state index in [0.29, 0.717) is 30.2 Å². The summed E-state index contributed by atoms with van der Waals surface area (Å²) >= 11 is 1.15. The minimum absolute atomic E-state index is 0.0290. The van der Waals surface area contributed by atoms with Crippen LogP contribution in [0.5, 0.6) is 5.75 Å². The van der Waals surface area contributed by atoms with Gasteiger partial charge in [-0.3, -0.25) is 18.5 Å². The number of thiazole rings is 1. The second-order valence-electron chi connectivity index (χ2n) is 7.93. The first kappa shape index (κ1) is 24.8. The van der Waals surface area contributed by atoms with E-state index in [9.17, 15) is 18.0 Å². The van der Waals surface area contributed by atoms with Crippen molar-refractivity contribution in [2.45, 2.75) is 39.7 Å². The second-order valence-corrected chi connectivity index (χ2v) is 10.8. The first-order valence-electron chi connectivity index (χ1n) is 10.8. The number of hydrogen-bond acceptors (Lipinski definition) is 6. The molecular formula is C23H29N3O5S2. The van der Waals surface area contributed by atoms with Crippen molar-refractivity contribution in [2.24, 2.45) is 0 Å². The molecule has 0 aliphatic rings. The molecule has 0 aliphatic heterocycles. The van der Waals surface area contributed by atoms with Crippen LogP contribution < -0.4 is 19.2 Å². The molecule has 0 aliphatic carbocycles. The van der Waals surface area contributed by atoms with E-state index in [1.807, 2.05) is 26.8 Å². The fraction of sp³-hybridized carbons (Fsp3) is 0.391. The molecule has 1 amide bonds. The van der Waals surface area contributed by atoms with Gasteiger partial charge in [0.05, 0.1) is 28.8 Å². The molecule has 178 valence electrons. The average molecular weight is 492 g/mol. The number of hydrogen-bond donors (Lipinski definition) is 1. The zero-order valence-corrected chi connectivity index (χ0v) is 20.8. The average Bonchev–Trinajstić information content (AvgIpc) is 3.06. The lowest BCUT2D eigenvalue weighted by Crippen LogP contribution is -2.31. The number of amides is 1. The van der Waals surface area contributed by atoms with Gasteiger partial charge in [-0.15, -0.1) is 0 Å². The third kappa shape index (κ3) is 6.14. The van der Waals surface area contributed by atoms with E-state index in [2.05, 4.69) is 5.32 Å². The maximum absolute atomic E-state index is 12.5. The molecule has 0 bridgehead atoms. The maximum atomic E-state index is 12.5. The van der Waals surface area contributed by atoms with Gasteiger partial charge in [0.15, 0.2) is 0 Å². The Labute approximate surface area is 197 Å². The molecule has 1 heterocycles. The summed E-state index contributed by atoms with van der Waals surface area (Å²) in [4.78, 5) is 24.6. The molecule has 0 fully saturated rings. The molecule has 0 radical (unpaired) electrons. The second kappa shape index (κ2) is 10.4. The van der Waals surface area contributed by atoms with Crippen LogP contribution in [0.25, 0.3) is 10.2 Å². The predicted octanol–water partition coefficient (Wildman–Crippen LogP) is 4.23. The Morgan fingerprint density at radius 2 is 1.88 bits per heavy atom. The van der Waals surface area contributed by atoms with Gasteiger partial charge in [-0.2, -0.15) is 0 Å². The van der Waals surface area contributed by atoms with Gasteiger partial charge in [-0.25, -0.2) is 8.42 Å². The van der Waals surface area contributed by atoms with Crippen molar-refractivity contribution in [1.82, 2.24) is 4.57 Å². The Hall–Kier alpha value is -2.85. The summed E-state index contributed by atoms with van der Waals surface area (Å²) in [5, 5.41) is 2.84. The number of anilines is 2. The smallest absolute Gasteiger partial charge is 0.308 e. The molecule has 8 nitrogen and oxygen atoms in total. The van der Waals surface area contributed by atoms with Gasteiger partial charge in [0.1, 0.15) is 5.75 Å². The normalized spacial score (nSPS) is 11.7. The molecule has 1 N–H and O–H groups in total. The molecule has 33 heavy (non-hydrogen) atoms. The Morgan fingerprint density at radius 1 is 1.18 bits per heavy atom. The number of aromatic nitrogens is 1. The highest BCUT2D eigenvalue weighted by atomic mass is 32.2. The van der Waals surface area contributed by atoms with E-state index in [1.54, 1.807) is 41.0 Å². The molecule has 2 aromatic carbocycles. The molecule has 3 rings (SSSR count). The summed E-state index contributed by atoms with van der Waals surface area (Å²) in [6.45, 7) is 6.49. The van der Waals surface area contributed by atoms with Gasteiger partial charge in [-0.05, 0) is 69.7 Å². The maximum Gasteiger partial charge on any atom is 0.308 e. The Kier molecular flexibility index (Phi) is 7.80. The molecule has 0 saturated carbocycles. The molecule has 0 saturated heterocycles.